The predicted octanol–water partition coefficient (Wildman–Crippen LogP) is 3.21. The monoisotopic (exact) mass is 290 g/mol. The summed E-state index contributed by atoms with van der Waals surface area (Å²) in [6.45, 7) is 11.6. The second-order valence-electron chi connectivity index (χ2n) is 7.86. The molecule has 4 heteroatoms. The minimum atomic E-state index is 0.281. The molecule has 1 aromatic heterocycles. The second-order valence-corrected chi connectivity index (χ2v) is 7.86. The molecular formula is C17H30N4. The van der Waals surface area contributed by atoms with Gasteiger partial charge in [0.05, 0.1) is 0 Å². The molecule has 0 aromatic carbocycles. The van der Waals surface area contributed by atoms with Gasteiger partial charge in [-0.25, -0.2) is 4.98 Å². The lowest BCUT2D eigenvalue weighted by Crippen LogP contribution is -2.26. The van der Waals surface area contributed by atoms with Crippen molar-refractivity contribution in [2.24, 2.45) is 12.5 Å². The number of imidazole rings is 1. The number of nitrogens with zero attached hydrogens (tertiary/aromatic N) is 4. The summed E-state index contributed by atoms with van der Waals surface area (Å²) in [5, 5.41) is 0. The molecule has 118 valence electrons. The van der Waals surface area contributed by atoms with E-state index in [1.807, 2.05) is 0 Å². The summed E-state index contributed by atoms with van der Waals surface area (Å²) in [5.41, 5.74) is 0.281. The summed E-state index contributed by atoms with van der Waals surface area (Å²) in [4.78, 5) is 10.1. The lowest BCUT2D eigenvalue weighted by molar-refractivity contribution is 0.395. The fraction of sp³-hybridized carbons (Fsp3) is 0.824. The Morgan fingerprint density at radius 1 is 0.905 bits per heavy atom. The van der Waals surface area contributed by atoms with Crippen LogP contribution in [-0.4, -0.2) is 35.7 Å². The molecule has 4 nitrogen and oxygen atoms in total. The van der Waals surface area contributed by atoms with E-state index in [0.717, 1.165) is 6.42 Å². The molecule has 0 radical (unpaired) electrons. The van der Waals surface area contributed by atoms with Gasteiger partial charge in [0.25, 0.3) is 0 Å². The molecule has 0 unspecified atom stereocenters. The summed E-state index contributed by atoms with van der Waals surface area (Å²) in [5.74, 6) is 3.86. The van der Waals surface area contributed by atoms with Crippen LogP contribution in [0.15, 0.2) is 0 Å². The van der Waals surface area contributed by atoms with E-state index < -0.39 is 0 Å². The molecule has 0 atom stereocenters. The number of hydrogen-bond donors (Lipinski definition) is 0. The Morgan fingerprint density at radius 3 is 1.95 bits per heavy atom. The third-order valence-corrected chi connectivity index (χ3v) is 4.64. The van der Waals surface area contributed by atoms with E-state index in [2.05, 4.69) is 42.2 Å². The van der Waals surface area contributed by atoms with Crippen molar-refractivity contribution >= 4 is 11.6 Å². The number of anilines is 2. The van der Waals surface area contributed by atoms with Crippen molar-refractivity contribution in [1.82, 2.24) is 9.55 Å². The molecule has 0 saturated carbocycles. The topological polar surface area (TPSA) is 24.3 Å². The van der Waals surface area contributed by atoms with Crippen molar-refractivity contribution in [3.63, 3.8) is 0 Å². The van der Waals surface area contributed by atoms with Crippen LogP contribution in [0.3, 0.4) is 0 Å². The van der Waals surface area contributed by atoms with E-state index in [1.165, 1.54) is 69.3 Å². The standard InChI is InChI=1S/C17H30N4/c1-17(2,3)13-14-18-15(20-9-5-6-10-20)16(19(14)4)21-11-7-8-12-21/h5-13H2,1-4H3. The Labute approximate surface area is 129 Å². The third kappa shape index (κ3) is 3.04. The van der Waals surface area contributed by atoms with Gasteiger partial charge in [-0.2, -0.15) is 0 Å². The molecule has 1 aromatic rings. The SMILES string of the molecule is Cn1c(CC(C)(C)C)nc(N2CCCC2)c1N1CCCC1. The summed E-state index contributed by atoms with van der Waals surface area (Å²) in [6, 6.07) is 0. The quantitative estimate of drug-likeness (QED) is 0.854. The molecule has 0 N–H and O–H groups in total. The first-order valence-electron chi connectivity index (χ1n) is 8.51. The van der Waals surface area contributed by atoms with Crippen molar-refractivity contribution < 1.29 is 0 Å². The van der Waals surface area contributed by atoms with Crippen molar-refractivity contribution in [3.8, 4) is 0 Å². The molecule has 2 aliphatic heterocycles. The van der Waals surface area contributed by atoms with Crippen LogP contribution < -0.4 is 9.80 Å². The van der Waals surface area contributed by atoms with Crippen LogP contribution in [0.2, 0.25) is 0 Å². The minimum Gasteiger partial charge on any atom is -0.355 e. The Bertz CT molecular complexity index is 486. The summed E-state index contributed by atoms with van der Waals surface area (Å²) >= 11 is 0. The van der Waals surface area contributed by atoms with Gasteiger partial charge in [0.15, 0.2) is 11.6 Å². The van der Waals surface area contributed by atoms with E-state index >= 15 is 0 Å². The third-order valence-electron chi connectivity index (χ3n) is 4.64. The van der Waals surface area contributed by atoms with E-state index in [4.69, 9.17) is 4.98 Å². The van der Waals surface area contributed by atoms with Crippen LogP contribution in [0, 0.1) is 5.41 Å². The Kier molecular flexibility index (Phi) is 3.89. The van der Waals surface area contributed by atoms with E-state index in [1.54, 1.807) is 0 Å². The van der Waals surface area contributed by atoms with Crippen molar-refractivity contribution in [1.29, 1.82) is 0 Å². The first kappa shape index (κ1) is 14.7. The van der Waals surface area contributed by atoms with Gasteiger partial charge in [-0.05, 0) is 31.1 Å². The highest BCUT2D eigenvalue weighted by Crippen LogP contribution is 2.35. The fourth-order valence-corrected chi connectivity index (χ4v) is 3.58. The first-order valence-corrected chi connectivity index (χ1v) is 8.51. The maximum absolute atomic E-state index is 5.07. The van der Waals surface area contributed by atoms with Gasteiger partial charge in [-0.1, -0.05) is 20.8 Å². The van der Waals surface area contributed by atoms with Gasteiger partial charge in [-0.15, -0.1) is 0 Å². The van der Waals surface area contributed by atoms with E-state index in [0.29, 0.717) is 0 Å². The molecular weight excluding hydrogens is 260 g/mol. The normalized spacial score (nSPS) is 19.8. The molecule has 0 spiro atoms. The zero-order valence-electron chi connectivity index (χ0n) is 14.2. The zero-order valence-corrected chi connectivity index (χ0v) is 14.2. The van der Waals surface area contributed by atoms with Crippen molar-refractivity contribution in [2.45, 2.75) is 52.9 Å². The number of rotatable bonds is 3. The molecule has 0 bridgehead atoms. The lowest BCUT2D eigenvalue weighted by atomic mass is 9.92. The highest BCUT2D eigenvalue weighted by molar-refractivity contribution is 5.65. The van der Waals surface area contributed by atoms with Crippen LogP contribution in [0.5, 0.6) is 0 Å². The van der Waals surface area contributed by atoms with Crippen LogP contribution in [0.4, 0.5) is 11.6 Å². The van der Waals surface area contributed by atoms with Crippen molar-refractivity contribution in [3.05, 3.63) is 5.82 Å². The molecule has 0 aliphatic carbocycles. The lowest BCUT2D eigenvalue weighted by Gasteiger charge is -2.24. The Hall–Kier alpha value is -1.19. The van der Waals surface area contributed by atoms with Crippen LogP contribution in [-0.2, 0) is 13.5 Å². The van der Waals surface area contributed by atoms with Gasteiger partial charge in [0.1, 0.15) is 5.82 Å². The van der Waals surface area contributed by atoms with Crippen LogP contribution >= 0.6 is 0 Å². The summed E-state index contributed by atoms with van der Waals surface area (Å²) in [6.07, 6.45) is 6.30. The van der Waals surface area contributed by atoms with Crippen LogP contribution in [0.1, 0.15) is 52.3 Å². The highest BCUT2D eigenvalue weighted by Gasteiger charge is 2.28. The maximum atomic E-state index is 5.07. The average molecular weight is 290 g/mol. The van der Waals surface area contributed by atoms with Gasteiger partial charge in [-0.3, -0.25) is 0 Å². The van der Waals surface area contributed by atoms with E-state index in [9.17, 15) is 0 Å². The molecule has 2 aliphatic rings. The van der Waals surface area contributed by atoms with Crippen LogP contribution in [0.25, 0.3) is 0 Å². The Balaban J connectivity index is 1.97. The van der Waals surface area contributed by atoms with Gasteiger partial charge >= 0.3 is 0 Å². The molecule has 2 fully saturated rings. The van der Waals surface area contributed by atoms with Gasteiger partial charge < -0.3 is 14.4 Å². The maximum Gasteiger partial charge on any atom is 0.172 e. The molecule has 0 amide bonds. The second kappa shape index (κ2) is 5.54. The Morgan fingerprint density at radius 2 is 1.43 bits per heavy atom. The van der Waals surface area contributed by atoms with Crippen molar-refractivity contribution in [2.75, 3.05) is 36.0 Å². The highest BCUT2D eigenvalue weighted by atomic mass is 15.3. The number of hydrogen-bond acceptors (Lipinski definition) is 3. The summed E-state index contributed by atoms with van der Waals surface area (Å²) in [7, 11) is 2.21. The van der Waals surface area contributed by atoms with E-state index in [-0.39, 0.29) is 5.41 Å². The molecule has 2 saturated heterocycles. The fourth-order valence-electron chi connectivity index (χ4n) is 3.58. The van der Waals surface area contributed by atoms with Gasteiger partial charge in [0.2, 0.25) is 0 Å². The summed E-state index contributed by atoms with van der Waals surface area (Å²) < 4.78 is 2.37. The molecule has 21 heavy (non-hydrogen) atoms. The first-order chi connectivity index (χ1) is 9.96. The molecule has 3 heterocycles. The van der Waals surface area contributed by atoms with Gasteiger partial charge in [0, 0.05) is 39.6 Å². The minimum absolute atomic E-state index is 0.281. The predicted molar refractivity (Wildman–Crippen MR) is 89.3 cm³/mol. The average Bonchev–Trinajstić information content (AvgIpc) is 3.09. The zero-order chi connectivity index (χ0) is 15.0. The number of aromatic nitrogens is 2. The molecule has 3 rings (SSSR count). The largest absolute Gasteiger partial charge is 0.355 e. The smallest absolute Gasteiger partial charge is 0.172 e.